The Bertz CT molecular complexity index is 379. The molecule has 0 aliphatic heterocycles. The first kappa shape index (κ1) is 16.5. The molecule has 1 unspecified atom stereocenters. The Morgan fingerprint density at radius 1 is 1.30 bits per heavy atom. The third-order valence-electron chi connectivity index (χ3n) is 3.10. The Balaban J connectivity index is 2.01. The minimum Gasteiger partial charge on any atom is -0.377 e. The Labute approximate surface area is 122 Å². The largest absolute Gasteiger partial charge is 0.377 e. The van der Waals surface area contributed by atoms with Crippen LogP contribution in [0.5, 0.6) is 0 Å². The van der Waals surface area contributed by atoms with E-state index in [1.54, 1.807) is 0 Å². The van der Waals surface area contributed by atoms with Crippen molar-refractivity contribution in [1.82, 2.24) is 5.32 Å². The van der Waals surface area contributed by atoms with Gasteiger partial charge in [-0.15, -0.1) is 0 Å². The second-order valence-electron chi connectivity index (χ2n) is 4.97. The van der Waals surface area contributed by atoms with E-state index < -0.39 is 0 Å². The van der Waals surface area contributed by atoms with E-state index in [1.807, 2.05) is 18.2 Å². The lowest BCUT2D eigenvalue weighted by Crippen LogP contribution is -2.38. The van der Waals surface area contributed by atoms with Crippen molar-refractivity contribution in [2.24, 2.45) is 10.7 Å². The summed E-state index contributed by atoms with van der Waals surface area (Å²) in [5, 5.41) is 3.15. The average Bonchev–Trinajstić information content (AvgIpc) is 2.47. The maximum atomic E-state index is 5.77. The van der Waals surface area contributed by atoms with Gasteiger partial charge in [-0.1, -0.05) is 37.3 Å². The summed E-state index contributed by atoms with van der Waals surface area (Å²) in [6, 6.07) is 10.6. The summed E-state index contributed by atoms with van der Waals surface area (Å²) < 4.78 is 5.61. The van der Waals surface area contributed by atoms with Gasteiger partial charge in [-0.05, 0) is 31.7 Å². The van der Waals surface area contributed by atoms with E-state index >= 15 is 0 Å². The predicted molar refractivity (Wildman–Crippen MR) is 84.7 cm³/mol. The van der Waals surface area contributed by atoms with Crippen molar-refractivity contribution in [3.63, 3.8) is 0 Å². The molecule has 0 aliphatic carbocycles. The van der Waals surface area contributed by atoms with Gasteiger partial charge in [0.05, 0.1) is 6.61 Å². The molecule has 4 nitrogen and oxygen atoms in total. The lowest BCUT2D eigenvalue weighted by Gasteiger charge is -2.11. The lowest BCUT2D eigenvalue weighted by molar-refractivity contribution is 0.117. The highest BCUT2D eigenvalue weighted by molar-refractivity contribution is 5.78. The van der Waals surface area contributed by atoms with Crippen LogP contribution in [0, 0.1) is 0 Å². The number of rotatable bonds is 9. The highest BCUT2D eigenvalue weighted by Crippen LogP contribution is 2.01. The highest BCUT2D eigenvalue weighted by atomic mass is 16.5. The van der Waals surface area contributed by atoms with Crippen LogP contribution in [0.3, 0.4) is 0 Å². The quantitative estimate of drug-likeness (QED) is 0.414. The van der Waals surface area contributed by atoms with E-state index in [4.69, 9.17) is 10.5 Å². The second-order valence-corrected chi connectivity index (χ2v) is 4.97. The molecule has 0 saturated heterocycles. The number of hydrogen-bond donors (Lipinski definition) is 2. The van der Waals surface area contributed by atoms with Crippen molar-refractivity contribution in [1.29, 1.82) is 0 Å². The number of unbranched alkanes of at least 4 members (excludes halogenated alkanes) is 1. The van der Waals surface area contributed by atoms with Gasteiger partial charge in [0.1, 0.15) is 0 Å². The van der Waals surface area contributed by atoms with Gasteiger partial charge in [0.25, 0.3) is 0 Å². The normalized spacial score (nSPS) is 13.2. The summed E-state index contributed by atoms with van der Waals surface area (Å²) in [5.41, 5.74) is 6.99. The summed E-state index contributed by atoms with van der Waals surface area (Å²) >= 11 is 0. The number of aliphatic imine (C=N–C) groups is 1. The smallest absolute Gasteiger partial charge is 0.188 e. The minimum atomic E-state index is 0.382. The van der Waals surface area contributed by atoms with Crippen molar-refractivity contribution in [2.45, 2.75) is 45.8 Å². The van der Waals surface area contributed by atoms with Crippen molar-refractivity contribution >= 4 is 5.96 Å². The summed E-state index contributed by atoms with van der Waals surface area (Å²) in [6.45, 7) is 6.42. The van der Waals surface area contributed by atoms with Crippen LogP contribution in [-0.2, 0) is 11.3 Å². The predicted octanol–water partition coefficient (Wildman–Crippen LogP) is 2.69. The van der Waals surface area contributed by atoms with Gasteiger partial charge in [-0.3, -0.25) is 4.99 Å². The number of ether oxygens (including phenoxy) is 1. The first-order chi connectivity index (χ1) is 9.72. The number of hydrogen-bond acceptors (Lipinski definition) is 2. The van der Waals surface area contributed by atoms with Crippen LogP contribution in [0.25, 0.3) is 0 Å². The van der Waals surface area contributed by atoms with E-state index in [0.29, 0.717) is 18.6 Å². The summed E-state index contributed by atoms with van der Waals surface area (Å²) in [6.07, 6.45) is 3.05. The molecule has 20 heavy (non-hydrogen) atoms. The van der Waals surface area contributed by atoms with Crippen molar-refractivity contribution in [3.8, 4) is 0 Å². The SMILES string of the molecule is CCC(C)NC(N)=NCCCCOCc1ccccc1. The molecule has 0 bridgehead atoms. The van der Waals surface area contributed by atoms with Crippen LogP contribution >= 0.6 is 0 Å². The van der Waals surface area contributed by atoms with Crippen LogP contribution in [0.2, 0.25) is 0 Å². The van der Waals surface area contributed by atoms with Gasteiger partial charge in [-0.2, -0.15) is 0 Å². The van der Waals surface area contributed by atoms with Crippen LogP contribution in [-0.4, -0.2) is 25.2 Å². The molecule has 0 aliphatic rings. The van der Waals surface area contributed by atoms with Crippen molar-refractivity contribution in [2.75, 3.05) is 13.2 Å². The fourth-order valence-electron chi connectivity index (χ4n) is 1.68. The fraction of sp³-hybridized carbons (Fsp3) is 0.562. The van der Waals surface area contributed by atoms with Crippen LogP contribution in [0.1, 0.15) is 38.7 Å². The van der Waals surface area contributed by atoms with Gasteiger partial charge < -0.3 is 15.8 Å². The number of nitrogens with one attached hydrogen (secondary N) is 1. The maximum Gasteiger partial charge on any atom is 0.188 e. The van der Waals surface area contributed by atoms with Gasteiger partial charge in [0, 0.05) is 19.2 Å². The first-order valence-electron chi connectivity index (χ1n) is 7.40. The number of nitrogens with zero attached hydrogens (tertiary/aromatic N) is 1. The molecule has 0 saturated carbocycles. The molecule has 0 fully saturated rings. The molecule has 0 spiro atoms. The van der Waals surface area contributed by atoms with Gasteiger partial charge in [-0.25, -0.2) is 0 Å². The third kappa shape index (κ3) is 7.79. The van der Waals surface area contributed by atoms with Crippen LogP contribution in [0.15, 0.2) is 35.3 Å². The molecule has 3 N–H and O–H groups in total. The van der Waals surface area contributed by atoms with E-state index in [-0.39, 0.29) is 0 Å². The molecule has 4 heteroatoms. The van der Waals surface area contributed by atoms with E-state index in [1.165, 1.54) is 5.56 Å². The van der Waals surface area contributed by atoms with E-state index in [0.717, 1.165) is 32.4 Å². The molecule has 1 rings (SSSR count). The van der Waals surface area contributed by atoms with Gasteiger partial charge in [0.2, 0.25) is 0 Å². The standard InChI is InChI=1S/C16H27N3O/c1-3-14(2)19-16(17)18-11-7-8-12-20-13-15-9-5-4-6-10-15/h4-6,9-10,14H,3,7-8,11-13H2,1-2H3,(H3,17,18,19). The number of guanidine groups is 1. The number of nitrogens with two attached hydrogens (primary N) is 1. The van der Waals surface area contributed by atoms with Gasteiger partial charge in [0.15, 0.2) is 5.96 Å². The second kappa shape index (κ2) is 10.3. The van der Waals surface area contributed by atoms with Crippen molar-refractivity contribution < 1.29 is 4.74 Å². The molecule has 0 aromatic heterocycles. The molecule has 1 aromatic carbocycles. The summed E-state index contributed by atoms with van der Waals surface area (Å²) in [7, 11) is 0. The summed E-state index contributed by atoms with van der Waals surface area (Å²) in [4.78, 5) is 4.30. The van der Waals surface area contributed by atoms with Crippen LogP contribution in [0.4, 0.5) is 0 Å². The monoisotopic (exact) mass is 277 g/mol. The van der Waals surface area contributed by atoms with Crippen LogP contribution < -0.4 is 11.1 Å². The third-order valence-corrected chi connectivity index (χ3v) is 3.10. The Morgan fingerprint density at radius 3 is 2.75 bits per heavy atom. The molecular formula is C16H27N3O. The Hall–Kier alpha value is -1.55. The summed E-state index contributed by atoms with van der Waals surface area (Å²) in [5.74, 6) is 0.546. The fourth-order valence-corrected chi connectivity index (χ4v) is 1.68. The van der Waals surface area contributed by atoms with E-state index in [9.17, 15) is 0 Å². The Morgan fingerprint density at radius 2 is 2.05 bits per heavy atom. The lowest BCUT2D eigenvalue weighted by atomic mass is 10.2. The topological polar surface area (TPSA) is 59.6 Å². The molecular weight excluding hydrogens is 250 g/mol. The maximum absolute atomic E-state index is 5.77. The molecule has 0 radical (unpaired) electrons. The van der Waals surface area contributed by atoms with Gasteiger partial charge >= 0.3 is 0 Å². The minimum absolute atomic E-state index is 0.382. The molecule has 0 heterocycles. The molecule has 1 atom stereocenters. The zero-order chi connectivity index (χ0) is 14.6. The molecule has 0 amide bonds. The first-order valence-corrected chi connectivity index (χ1v) is 7.40. The Kier molecular flexibility index (Phi) is 8.47. The zero-order valence-corrected chi connectivity index (χ0v) is 12.6. The number of benzene rings is 1. The van der Waals surface area contributed by atoms with Crippen molar-refractivity contribution in [3.05, 3.63) is 35.9 Å². The van der Waals surface area contributed by atoms with E-state index in [2.05, 4.69) is 36.3 Å². The zero-order valence-electron chi connectivity index (χ0n) is 12.6. The molecule has 112 valence electrons. The molecule has 1 aromatic rings. The average molecular weight is 277 g/mol. The highest BCUT2D eigenvalue weighted by Gasteiger charge is 1.98.